The average molecular weight is 330 g/mol. The van der Waals surface area contributed by atoms with Crippen LogP contribution >= 0.6 is 15.9 Å². The number of hydrogen-bond acceptors (Lipinski definition) is 5. The molecule has 0 spiro atoms. The Morgan fingerprint density at radius 3 is 2.79 bits per heavy atom. The van der Waals surface area contributed by atoms with Gasteiger partial charge in [-0.05, 0) is 28.8 Å². The number of rotatable bonds is 5. The highest BCUT2D eigenvalue weighted by Gasteiger charge is 2.44. The van der Waals surface area contributed by atoms with Crippen LogP contribution in [0.15, 0.2) is 16.7 Å². The first-order chi connectivity index (χ1) is 8.94. The third-order valence-electron chi connectivity index (χ3n) is 3.39. The Bertz CT molecular complexity index is 531. The molecular weight excluding hydrogens is 318 g/mol. The number of aliphatic carboxylic acids is 1. The minimum Gasteiger partial charge on any atom is -0.481 e. The van der Waals surface area contributed by atoms with Gasteiger partial charge in [-0.2, -0.15) is 0 Å². The van der Waals surface area contributed by atoms with Crippen LogP contribution in [-0.4, -0.2) is 27.5 Å². The van der Waals surface area contributed by atoms with Gasteiger partial charge in [0.05, 0.1) is 10.3 Å². The van der Waals surface area contributed by atoms with Gasteiger partial charge in [-0.3, -0.25) is 14.9 Å². The molecule has 7 nitrogen and oxygen atoms in total. The summed E-state index contributed by atoms with van der Waals surface area (Å²) in [7, 11) is 0. The molecule has 1 fully saturated rings. The summed E-state index contributed by atoms with van der Waals surface area (Å²) in [5.41, 5.74) is -0.989. The lowest BCUT2D eigenvalue weighted by Crippen LogP contribution is -2.43. The first kappa shape index (κ1) is 13.7. The number of anilines is 1. The van der Waals surface area contributed by atoms with Crippen molar-refractivity contribution in [3.05, 3.63) is 26.9 Å². The lowest BCUT2D eigenvalue weighted by atomic mass is 9.69. The predicted molar refractivity (Wildman–Crippen MR) is 71.0 cm³/mol. The van der Waals surface area contributed by atoms with Crippen LogP contribution in [0.3, 0.4) is 0 Å². The zero-order valence-electron chi connectivity index (χ0n) is 9.93. The molecular formula is C11H12BrN3O4. The molecule has 2 N–H and O–H groups in total. The zero-order valence-corrected chi connectivity index (χ0v) is 11.5. The first-order valence-electron chi connectivity index (χ1n) is 5.72. The van der Waals surface area contributed by atoms with Crippen molar-refractivity contribution < 1.29 is 14.8 Å². The molecule has 19 heavy (non-hydrogen) atoms. The number of halogens is 1. The molecule has 102 valence electrons. The molecule has 0 aliphatic heterocycles. The van der Waals surface area contributed by atoms with Gasteiger partial charge >= 0.3 is 11.7 Å². The lowest BCUT2D eigenvalue weighted by Gasteiger charge is -2.37. The second kappa shape index (κ2) is 5.12. The van der Waals surface area contributed by atoms with E-state index in [1.165, 1.54) is 12.3 Å². The van der Waals surface area contributed by atoms with Crippen molar-refractivity contribution in [2.45, 2.75) is 19.3 Å². The number of carboxylic acid groups (broad SMARTS) is 1. The molecule has 1 heterocycles. The molecule has 1 aromatic rings. The van der Waals surface area contributed by atoms with Crippen LogP contribution in [-0.2, 0) is 4.79 Å². The van der Waals surface area contributed by atoms with E-state index in [-0.39, 0.29) is 18.1 Å². The summed E-state index contributed by atoms with van der Waals surface area (Å²) in [6, 6.07) is 1.34. The van der Waals surface area contributed by atoms with Crippen LogP contribution in [0, 0.1) is 15.5 Å². The highest BCUT2D eigenvalue weighted by Crippen LogP contribution is 2.41. The van der Waals surface area contributed by atoms with Crippen LogP contribution < -0.4 is 5.32 Å². The Morgan fingerprint density at radius 2 is 2.32 bits per heavy atom. The molecule has 2 rings (SSSR count). The van der Waals surface area contributed by atoms with E-state index in [0.29, 0.717) is 17.3 Å². The number of pyridine rings is 1. The fraction of sp³-hybridized carbons (Fsp3) is 0.455. The van der Waals surface area contributed by atoms with E-state index < -0.39 is 16.3 Å². The predicted octanol–water partition coefficient (Wildman–Crippen LogP) is 2.42. The van der Waals surface area contributed by atoms with Gasteiger partial charge in [-0.15, -0.1) is 0 Å². The van der Waals surface area contributed by atoms with Crippen molar-refractivity contribution >= 4 is 33.4 Å². The number of nitrogens with zero attached hydrogens (tertiary/aromatic N) is 2. The summed E-state index contributed by atoms with van der Waals surface area (Å²) in [5, 5.41) is 22.9. The summed E-state index contributed by atoms with van der Waals surface area (Å²) < 4.78 is 0.501. The minimum atomic E-state index is -0.869. The van der Waals surface area contributed by atoms with Crippen LogP contribution in [0.4, 0.5) is 11.5 Å². The smallest absolute Gasteiger partial charge is 0.312 e. The molecule has 0 unspecified atom stereocenters. The maximum absolute atomic E-state index is 11.2. The molecule has 8 heteroatoms. The molecule has 0 saturated heterocycles. The molecule has 1 aromatic heterocycles. The van der Waals surface area contributed by atoms with Gasteiger partial charge in [-0.25, -0.2) is 4.98 Å². The van der Waals surface area contributed by atoms with Crippen LogP contribution in [0.2, 0.25) is 0 Å². The van der Waals surface area contributed by atoms with Crippen molar-refractivity contribution in [2.24, 2.45) is 5.41 Å². The van der Waals surface area contributed by atoms with Crippen molar-refractivity contribution in [1.82, 2.24) is 4.98 Å². The topological polar surface area (TPSA) is 105 Å². The van der Waals surface area contributed by atoms with Gasteiger partial charge in [-0.1, -0.05) is 6.42 Å². The Labute approximate surface area is 117 Å². The largest absolute Gasteiger partial charge is 0.481 e. The van der Waals surface area contributed by atoms with E-state index in [2.05, 4.69) is 26.2 Å². The fourth-order valence-corrected chi connectivity index (χ4v) is 2.35. The second-order valence-electron chi connectivity index (χ2n) is 4.57. The van der Waals surface area contributed by atoms with Gasteiger partial charge in [0.1, 0.15) is 0 Å². The number of nitrogens with one attached hydrogen (secondary N) is 1. The molecule has 1 saturated carbocycles. The highest BCUT2D eigenvalue weighted by atomic mass is 79.9. The van der Waals surface area contributed by atoms with Crippen molar-refractivity contribution in [3.63, 3.8) is 0 Å². The van der Waals surface area contributed by atoms with Gasteiger partial charge in [0.2, 0.25) is 5.82 Å². The van der Waals surface area contributed by atoms with E-state index in [9.17, 15) is 20.0 Å². The number of carbonyl (C=O) groups is 1. The van der Waals surface area contributed by atoms with E-state index in [1.807, 2.05) is 0 Å². The molecule has 0 aromatic carbocycles. The minimum absolute atomic E-state index is 0.0979. The maximum atomic E-state index is 11.2. The fourth-order valence-electron chi connectivity index (χ4n) is 2.03. The Balaban J connectivity index is 2.15. The molecule has 1 aliphatic carbocycles. The zero-order chi connectivity index (χ0) is 14.0. The van der Waals surface area contributed by atoms with E-state index in [0.717, 1.165) is 6.42 Å². The number of hydrogen-bond donors (Lipinski definition) is 2. The van der Waals surface area contributed by atoms with Crippen molar-refractivity contribution in [2.75, 3.05) is 11.9 Å². The molecule has 0 radical (unpaired) electrons. The number of nitro groups is 1. The average Bonchev–Trinajstić information content (AvgIpc) is 2.28. The Hall–Kier alpha value is -1.70. The Morgan fingerprint density at radius 1 is 1.63 bits per heavy atom. The molecule has 0 amide bonds. The Kier molecular flexibility index (Phi) is 3.70. The summed E-state index contributed by atoms with van der Waals surface area (Å²) >= 11 is 3.11. The summed E-state index contributed by atoms with van der Waals surface area (Å²) in [5.74, 6) is -0.772. The van der Waals surface area contributed by atoms with Gasteiger partial charge in [0.25, 0.3) is 0 Å². The number of aromatic nitrogens is 1. The SMILES string of the molecule is O=C(O)C1(CNc2ncc(Br)cc2[N+](=O)[O-])CCC1. The first-order valence-corrected chi connectivity index (χ1v) is 6.51. The lowest BCUT2D eigenvalue weighted by molar-refractivity contribution is -0.384. The quantitative estimate of drug-likeness (QED) is 0.634. The summed E-state index contributed by atoms with van der Waals surface area (Å²) in [4.78, 5) is 25.5. The highest BCUT2D eigenvalue weighted by molar-refractivity contribution is 9.10. The van der Waals surface area contributed by atoms with Crippen molar-refractivity contribution in [3.8, 4) is 0 Å². The van der Waals surface area contributed by atoms with Gasteiger partial charge in [0.15, 0.2) is 0 Å². The van der Waals surface area contributed by atoms with E-state index >= 15 is 0 Å². The van der Waals surface area contributed by atoms with Crippen LogP contribution in [0.5, 0.6) is 0 Å². The molecule has 0 bridgehead atoms. The normalized spacial score (nSPS) is 16.5. The van der Waals surface area contributed by atoms with Gasteiger partial charge in [0, 0.05) is 23.3 Å². The van der Waals surface area contributed by atoms with Gasteiger partial charge < -0.3 is 10.4 Å². The second-order valence-corrected chi connectivity index (χ2v) is 5.49. The van der Waals surface area contributed by atoms with Crippen molar-refractivity contribution in [1.29, 1.82) is 0 Å². The third-order valence-corrected chi connectivity index (χ3v) is 3.82. The summed E-state index contributed by atoms with van der Waals surface area (Å²) in [6.45, 7) is 0.151. The van der Waals surface area contributed by atoms with Crippen LogP contribution in [0.25, 0.3) is 0 Å². The summed E-state index contributed by atoms with van der Waals surface area (Å²) in [6.07, 6.45) is 3.46. The van der Waals surface area contributed by atoms with Crippen LogP contribution in [0.1, 0.15) is 19.3 Å². The third kappa shape index (κ3) is 2.67. The maximum Gasteiger partial charge on any atom is 0.312 e. The monoisotopic (exact) mass is 329 g/mol. The molecule has 1 aliphatic rings. The van der Waals surface area contributed by atoms with E-state index in [1.54, 1.807) is 0 Å². The van der Waals surface area contributed by atoms with E-state index in [4.69, 9.17) is 0 Å². The number of carboxylic acids is 1. The molecule has 0 atom stereocenters. The standard InChI is InChI=1S/C11H12BrN3O4/c12-7-4-8(15(18)19)9(13-5-7)14-6-11(10(16)17)2-1-3-11/h4-5H,1-3,6H2,(H,13,14)(H,16,17).